The molecule has 1 aromatic heterocycles. The van der Waals surface area contributed by atoms with Crippen molar-refractivity contribution in [1.82, 2.24) is 14.9 Å². The number of hydrogen-bond acceptors (Lipinski definition) is 4. The van der Waals surface area contributed by atoms with E-state index in [1.165, 1.54) is 12.1 Å². The molecule has 4 aliphatic carbocycles. The van der Waals surface area contributed by atoms with Crippen LogP contribution in [0.3, 0.4) is 0 Å². The van der Waals surface area contributed by atoms with Gasteiger partial charge in [-0.1, -0.05) is 11.6 Å². The van der Waals surface area contributed by atoms with Gasteiger partial charge in [0.25, 0.3) is 5.91 Å². The Hall–Kier alpha value is -2.33. The summed E-state index contributed by atoms with van der Waals surface area (Å²) in [6.45, 7) is -0.262. The Labute approximate surface area is 185 Å². The second-order valence-electron chi connectivity index (χ2n) is 9.01. The van der Waals surface area contributed by atoms with Crippen LogP contribution in [0, 0.1) is 5.82 Å². The summed E-state index contributed by atoms with van der Waals surface area (Å²) < 4.78 is 63.5. The van der Waals surface area contributed by atoms with E-state index in [-0.39, 0.29) is 47.2 Å². The van der Waals surface area contributed by atoms with Crippen LogP contribution in [0.5, 0.6) is 5.75 Å². The van der Waals surface area contributed by atoms with Crippen LogP contribution in [0.4, 0.5) is 17.6 Å². The number of aromatic nitrogens is 2. The van der Waals surface area contributed by atoms with Crippen LogP contribution in [-0.2, 0) is 20.7 Å². The molecule has 6 nitrogen and oxygen atoms in total. The highest BCUT2D eigenvalue weighted by Crippen LogP contribution is 2.65. The van der Waals surface area contributed by atoms with Crippen LogP contribution < -0.4 is 10.1 Å². The molecule has 1 amide bonds. The van der Waals surface area contributed by atoms with Crippen molar-refractivity contribution in [2.24, 2.45) is 0 Å². The lowest BCUT2D eigenvalue weighted by molar-refractivity contribution is -0.384. The van der Waals surface area contributed by atoms with Crippen LogP contribution in [0.15, 0.2) is 30.7 Å². The minimum Gasteiger partial charge on any atom is -0.484 e. The summed E-state index contributed by atoms with van der Waals surface area (Å²) >= 11 is 5.62. The van der Waals surface area contributed by atoms with Crippen molar-refractivity contribution in [3.63, 3.8) is 0 Å². The van der Waals surface area contributed by atoms with E-state index in [2.05, 4.69) is 15.0 Å². The molecule has 4 fully saturated rings. The fourth-order valence-corrected chi connectivity index (χ4v) is 5.25. The van der Waals surface area contributed by atoms with Crippen molar-refractivity contribution >= 4 is 17.5 Å². The maximum atomic E-state index is 13.4. The van der Waals surface area contributed by atoms with E-state index in [1.54, 1.807) is 12.5 Å². The first-order chi connectivity index (χ1) is 15.0. The number of nitrogens with one attached hydrogen (secondary N) is 1. The predicted molar refractivity (Wildman–Crippen MR) is 104 cm³/mol. The van der Waals surface area contributed by atoms with Gasteiger partial charge >= 0.3 is 6.36 Å². The molecule has 0 unspecified atom stereocenters. The molecule has 1 heterocycles. The van der Waals surface area contributed by atoms with E-state index in [1.807, 2.05) is 4.57 Å². The van der Waals surface area contributed by atoms with Gasteiger partial charge in [-0.25, -0.2) is 9.37 Å². The third kappa shape index (κ3) is 3.63. The monoisotopic (exact) mass is 473 g/mol. The molecule has 172 valence electrons. The number of halogens is 5. The molecule has 0 saturated heterocycles. The number of amides is 1. The van der Waals surface area contributed by atoms with Gasteiger partial charge in [-0.15, -0.1) is 13.2 Å². The predicted octanol–water partition coefficient (Wildman–Crippen LogP) is 4.42. The third-order valence-electron chi connectivity index (χ3n) is 6.74. The summed E-state index contributed by atoms with van der Waals surface area (Å²) in [6, 6.07) is 3.93. The lowest BCUT2D eigenvalue weighted by Gasteiger charge is -2.70. The van der Waals surface area contributed by atoms with Crippen LogP contribution in [0.1, 0.15) is 44.2 Å². The highest BCUT2D eigenvalue weighted by molar-refractivity contribution is 6.30. The Morgan fingerprint density at radius 2 is 1.97 bits per heavy atom. The summed E-state index contributed by atoms with van der Waals surface area (Å²) in [7, 11) is 0. The summed E-state index contributed by atoms with van der Waals surface area (Å²) in [4.78, 5) is 16.5. The van der Waals surface area contributed by atoms with Gasteiger partial charge in [0.15, 0.2) is 6.61 Å². The molecule has 11 heteroatoms. The van der Waals surface area contributed by atoms with Crippen LogP contribution in [0.25, 0.3) is 0 Å². The number of alkyl halides is 3. The molecule has 6 rings (SSSR count). The van der Waals surface area contributed by atoms with Gasteiger partial charge in [0.2, 0.25) is 0 Å². The number of nitrogens with zero attached hydrogens (tertiary/aromatic N) is 2. The number of carbonyl (C=O) groups excluding carboxylic acids is 1. The van der Waals surface area contributed by atoms with Gasteiger partial charge in [0.05, 0.1) is 22.6 Å². The van der Waals surface area contributed by atoms with Crippen LogP contribution in [0.2, 0.25) is 5.02 Å². The molecule has 4 aliphatic rings. The van der Waals surface area contributed by atoms with E-state index >= 15 is 0 Å². The minimum atomic E-state index is -4.71. The third-order valence-corrected chi connectivity index (χ3v) is 7.04. The SMILES string of the molecule is O=C(COc1ccc(Cl)c(F)c1)NC12CC(n3cnc(C4(OC(F)(F)F)CCC4)c3)(C1)C2. The van der Waals surface area contributed by atoms with Gasteiger partial charge in [-0.3, -0.25) is 9.53 Å². The van der Waals surface area contributed by atoms with Gasteiger partial charge in [-0.05, 0) is 50.7 Å². The van der Waals surface area contributed by atoms with E-state index in [4.69, 9.17) is 16.3 Å². The summed E-state index contributed by atoms with van der Waals surface area (Å²) in [5.41, 5.74) is -1.70. The zero-order valence-corrected chi connectivity index (χ0v) is 17.6. The molecule has 0 spiro atoms. The summed E-state index contributed by atoms with van der Waals surface area (Å²) in [5.74, 6) is -0.755. The Morgan fingerprint density at radius 1 is 1.25 bits per heavy atom. The smallest absolute Gasteiger partial charge is 0.484 e. The Kier molecular flexibility index (Phi) is 4.76. The quantitative estimate of drug-likeness (QED) is 0.605. The van der Waals surface area contributed by atoms with Gasteiger partial charge in [0, 0.05) is 17.8 Å². The number of imidazole rings is 1. The average Bonchev–Trinajstić information content (AvgIpc) is 3.10. The number of ether oxygens (including phenoxy) is 2. The molecule has 0 radical (unpaired) electrons. The molecule has 1 aromatic carbocycles. The lowest BCUT2D eigenvalue weighted by atomic mass is 9.44. The molecule has 0 aliphatic heterocycles. The standard InChI is InChI=1S/C21H20ClF4N3O3/c22-14-3-2-13(6-15(14)23)31-8-17(30)28-18-9-19(10-18,11-18)29-7-16(27-12-29)20(4-1-5-20)32-21(24,25)26/h2-3,6-7,12H,1,4-5,8-11H2,(H,28,30). The summed E-state index contributed by atoms with van der Waals surface area (Å²) in [5, 5.41) is 2.92. The molecule has 1 N–H and O–H groups in total. The van der Waals surface area contributed by atoms with Crippen LogP contribution >= 0.6 is 11.6 Å². The van der Waals surface area contributed by atoms with Crippen molar-refractivity contribution in [2.45, 2.75) is 61.6 Å². The number of hydrogen-bond donors (Lipinski definition) is 1. The second kappa shape index (κ2) is 7.08. The fraction of sp³-hybridized carbons (Fsp3) is 0.524. The van der Waals surface area contributed by atoms with Crippen molar-refractivity contribution in [1.29, 1.82) is 0 Å². The van der Waals surface area contributed by atoms with E-state index < -0.39 is 17.8 Å². The fourth-order valence-electron chi connectivity index (χ4n) is 5.14. The van der Waals surface area contributed by atoms with Crippen molar-refractivity contribution < 1.29 is 31.8 Å². The normalized spacial score (nSPS) is 27.7. The first-order valence-electron chi connectivity index (χ1n) is 10.2. The lowest BCUT2D eigenvalue weighted by Crippen LogP contribution is -2.78. The molecule has 2 aromatic rings. The Bertz CT molecular complexity index is 1050. The molecule has 0 atom stereocenters. The first kappa shape index (κ1) is 21.5. The van der Waals surface area contributed by atoms with E-state index in [0.717, 1.165) is 6.07 Å². The average molecular weight is 474 g/mol. The van der Waals surface area contributed by atoms with Gasteiger partial charge < -0.3 is 14.6 Å². The van der Waals surface area contributed by atoms with Crippen LogP contribution in [-0.4, -0.2) is 34.0 Å². The Balaban J connectivity index is 1.16. The van der Waals surface area contributed by atoms with Gasteiger partial charge in [0.1, 0.15) is 17.2 Å². The maximum absolute atomic E-state index is 13.4. The molecular weight excluding hydrogens is 454 g/mol. The van der Waals surface area contributed by atoms with Crippen molar-refractivity contribution in [3.05, 3.63) is 47.3 Å². The second-order valence-corrected chi connectivity index (χ2v) is 9.42. The Morgan fingerprint density at radius 3 is 2.56 bits per heavy atom. The number of benzene rings is 1. The maximum Gasteiger partial charge on any atom is 0.523 e. The summed E-state index contributed by atoms with van der Waals surface area (Å²) in [6.07, 6.45) is 1.69. The minimum absolute atomic E-state index is 0.0307. The zero-order valence-electron chi connectivity index (χ0n) is 16.8. The highest BCUT2D eigenvalue weighted by Gasteiger charge is 2.69. The molecule has 32 heavy (non-hydrogen) atoms. The zero-order chi connectivity index (χ0) is 22.8. The van der Waals surface area contributed by atoms with Crippen molar-refractivity contribution in [2.75, 3.05) is 6.61 Å². The van der Waals surface area contributed by atoms with E-state index in [9.17, 15) is 22.4 Å². The van der Waals surface area contributed by atoms with Crippen molar-refractivity contribution in [3.8, 4) is 5.75 Å². The molecule has 4 saturated carbocycles. The number of carbonyl (C=O) groups is 1. The first-order valence-corrected chi connectivity index (χ1v) is 10.6. The van der Waals surface area contributed by atoms with E-state index in [0.29, 0.717) is 31.4 Å². The topological polar surface area (TPSA) is 65.4 Å². The molecule has 2 bridgehead atoms. The van der Waals surface area contributed by atoms with Gasteiger partial charge in [-0.2, -0.15) is 0 Å². The largest absolute Gasteiger partial charge is 0.523 e. The highest BCUT2D eigenvalue weighted by atomic mass is 35.5. The number of rotatable bonds is 7. The molecular formula is C21H20ClF4N3O3.